The fourth-order valence-electron chi connectivity index (χ4n) is 3.10. The highest BCUT2D eigenvalue weighted by Gasteiger charge is 2.33. The topological polar surface area (TPSA) is 105 Å². The van der Waals surface area contributed by atoms with Crippen LogP contribution in [0.1, 0.15) is 63.2 Å². The number of aliphatic hydroxyl groups is 1. The summed E-state index contributed by atoms with van der Waals surface area (Å²) in [4.78, 5) is 31.9. The van der Waals surface area contributed by atoms with E-state index in [1.807, 2.05) is 0 Å². The number of hydrogen-bond acceptors (Lipinski definition) is 6. The van der Waals surface area contributed by atoms with Gasteiger partial charge in [0, 0.05) is 36.6 Å². The lowest BCUT2D eigenvalue weighted by Crippen LogP contribution is -2.18. The van der Waals surface area contributed by atoms with Crippen molar-refractivity contribution in [2.45, 2.75) is 38.5 Å². The molecule has 2 aromatic rings. The molecule has 2 heterocycles. The van der Waals surface area contributed by atoms with E-state index in [9.17, 15) is 9.59 Å². The van der Waals surface area contributed by atoms with Crippen molar-refractivity contribution in [3.8, 4) is 0 Å². The summed E-state index contributed by atoms with van der Waals surface area (Å²) >= 11 is 0. The number of aromatic amines is 1. The zero-order chi connectivity index (χ0) is 17.1. The second-order valence-corrected chi connectivity index (χ2v) is 5.94. The average Bonchev–Trinajstić information content (AvgIpc) is 3.20. The summed E-state index contributed by atoms with van der Waals surface area (Å²) in [6, 6.07) is 0. The van der Waals surface area contributed by atoms with Gasteiger partial charge in [0.2, 0.25) is 0 Å². The van der Waals surface area contributed by atoms with Gasteiger partial charge in [0.05, 0.1) is 12.8 Å². The third-order valence-electron chi connectivity index (χ3n) is 4.28. The van der Waals surface area contributed by atoms with Crippen molar-refractivity contribution < 1.29 is 23.8 Å². The van der Waals surface area contributed by atoms with Crippen LogP contribution in [0.3, 0.4) is 0 Å². The first-order valence-electron chi connectivity index (χ1n) is 8.03. The number of rotatable bonds is 6. The molecule has 0 spiro atoms. The third-order valence-corrected chi connectivity index (χ3v) is 4.28. The van der Waals surface area contributed by atoms with Crippen molar-refractivity contribution in [2.24, 2.45) is 0 Å². The van der Waals surface area contributed by atoms with Gasteiger partial charge in [-0.25, -0.2) is 9.78 Å². The number of H-pyrrole nitrogens is 1. The minimum absolute atomic E-state index is 0.0208. The Morgan fingerprint density at radius 3 is 3.00 bits per heavy atom. The Morgan fingerprint density at radius 1 is 1.46 bits per heavy atom. The molecule has 128 valence electrons. The van der Waals surface area contributed by atoms with Crippen LogP contribution < -0.4 is 0 Å². The van der Waals surface area contributed by atoms with E-state index in [1.54, 1.807) is 13.1 Å². The van der Waals surface area contributed by atoms with Crippen LogP contribution in [0, 0.1) is 6.92 Å². The summed E-state index contributed by atoms with van der Waals surface area (Å²) in [5.41, 5.74) is 2.27. The molecule has 0 saturated heterocycles. The van der Waals surface area contributed by atoms with Crippen LogP contribution in [0.25, 0.3) is 0 Å². The zero-order valence-corrected chi connectivity index (χ0v) is 13.5. The van der Waals surface area contributed by atoms with Crippen molar-refractivity contribution in [3.05, 3.63) is 40.9 Å². The summed E-state index contributed by atoms with van der Waals surface area (Å²) < 4.78 is 10.5. The molecule has 3 rings (SSSR count). The van der Waals surface area contributed by atoms with Gasteiger partial charge in [-0.3, -0.25) is 4.79 Å². The molecule has 7 nitrogen and oxygen atoms in total. The van der Waals surface area contributed by atoms with Gasteiger partial charge in [-0.1, -0.05) is 0 Å². The molecule has 1 atom stereocenters. The highest BCUT2D eigenvalue weighted by molar-refractivity contribution is 6.03. The van der Waals surface area contributed by atoms with E-state index < -0.39 is 5.97 Å². The second-order valence-electron chi connectivity index (χ2n) is 5.94. The zero-order valence-electron chi connectivity index (χ0n) is 13.5. The van der Waals surface area contributed by atoms with E-state index in [0.717, 1.165) is 5.69 Å². The molecule has 24 heavy (non-hydrogen) atoms. The first-order chi connectivity index (χ1) is 11.6. The Hall–Kier alpha value is -2.41. The molecule has 1 unspecified atom stereocenters. The summed E-state index contributed by atoms with van der Waals surface area (Å²) in [5.74, 6) is -0.0753. The molecule has 0 radical (unpaired) electrons. The predicted molar refractivity (Wildman–Crippen MR) is 84.0 cm³/mol. The minimum Gasteiger partial charge on any atom is -0.461 e. The number of aromatic nitrogens is 2. The molecular formula is C17H20N2O5. The van der Waals surface area contributed by atoms with Gasteiger partial charge in [-0.05, 0) is 25.3 Å². The lowest BCUT2D eigenvalue weighted by Gasteiger charge is -2.18. The molecule has 2 aromatic heterocycles. The van der Waals surface area contributed by atoms with Crippen LogP contribution in [0.2, 0.25) is 0 Å². The Balaban J connectivity index is 1.77. The van der Waals surface area contributed by atoms with E-state index in [2.05, 4.69) is 9.97 Å². The molecule has 0 bridgehead atoms. The molecule has 2 N–H and O–H groups in total. The van der Waals surface area contributed by atoms with E-state index in [1.165, 1.54) is 6.26 Å². The van der Waals surface area contributed by atoms with Gasteiger partial charge in [0.25, 0.3) is 0 Å². The van der Waals surface area contributed by atoms with Crippen LogP contribution in [0.4, 0.5) is 0 Å². The van der Waals surface area contributed by atoms with Crippen LogP contribution >= 0.6 is 0 Å². The number of oxazole rings is 1. The maximum absolute atomic E-state index is 12.5. The van der Waals surface area contributed by atoms with Gasteiger partial charge in [0.1, 0.15) is 12.0 Å². The molecule has 0 aromatic carbocycles. The van der Waals surface area contributed by atoms with Gasteiger partial charge in [-0.2, -0.15) is 0 Å². The van der Waals surface area contributed by atoms with E-state index in [-0.39, 0.29) is 24.9 Å². The van der Waals surface area contributed by atoms with Gasteiger partial charge in [0.15, 0.2) is 11.7 Å². The van der Waals surface area contributed by atoms with Crippen LogP contribution in [-0.4, -0.2) is 40.0 Å². The molecule has 1 aliphatic rings. The highest BCUT2D eigenvalue weighted by Crippen LogP contribution is 2.34. The number of fused-ring (bicyclic) bond motifs is 1. The van der Waals surface area contributed by atoms with Crippen molar-refractivity contribution >= 4 is 11.8 Å². The Labute approximate surface area is 139 Å². The largest absolute Gasteiger partial charge is 0.461 e. The van der Waals surface area contributed by atoms with E-state index in [0.29, 0.717) is 48.4 Å². The number of nitrogens with one attached hydrogen (secondary N) is 1. The highest BCUT2D eigenvalue weighted by atomic mass is 16.5. The predicted octanol–water partition coefficient (Wildman–Crippen LogP) is 2.15. The number of aliphatic hydroxyl groups excluding tert-OH is 1. The van der Waals surface area contributed by atoms with Crippen LogP contribution in [0.5, 0.6) is 0 Å². The smallest absolute Gasteiger partial charge is 0.355 e. The number of ether oxygens (including phenoxy) is 1. The standard InChI is InChI=1S/C17H20N2O5/c1-10-14-12(19-15(10)17(22)24-6-3-2-5-20)8-11(9-13(14)21)16-18-4-7-23-16/h4,7,11,19-20H,2-3,5-6,8-9H2,1H3. The number of hydrogen-bond donors (Lipinski definition) is 2. The first kappa shape index (κ1) is 16.4. The van der Waals surface area contributed by atoms with Gasteiger partial charge >= 0.3 is 5.97 Å². The summed E-state index contributed by atoms with van der Waals surface area (Å²) in [5, 5.41) is 8.74. The number of nitrogens with zero attached hydrogens (tertiary/aromatic N) is 1. The third kappa shape index (κ3) is 3.12. The number of unbranched alkanes of at least 4 members (excludes halogenated alkanes) is 1. The summed E-state index contributed by atoms with van der Waals surface area (Å²) in [6.45, 7) is 2.07. The number of carbonyl (C=O) groups is 2. The van der Waals surface area contributed by atoms with E-state index in [4.69, 9.17) is 14.3 Å². The minimum atomic E-state index is -0.472. The molecule has 0 aliphatic heterocycles. The SMILES string of the molecule is Cc1c(C(=O)OCCCCO)[nH]c2c1C(=O)CC(c1ncco1)C2. The number of esters is 1. The second kappa shape index (κ2) is 7.00. The lowest BCUT2D eigenvalue weighted by molar-refractivity contribution is 0.0485. The number of Topliss-reactive ketones (excluding diaryl/α,β-unsaturated/α-hetero) is 1. The maximum Gasteiger partial charge on any atom is 0.355 e. The fourth-order valence-corrected chi connectivity index (χ4v) is 3.10. The van der Waals surface area contributed by atoms with Crippen molar-refractivity contribution in [1.29, 1.82) is 0 Å². The summed E-state index contributed by atoms with van der Waals surface area (Å²) in [6.07, 6.45) is 5.13. The van der Waals surface area contributed by atoms with E-state index >= 15 is 0 Å². The Bertz CT molecular complexity index is 732. The molecular weight excluding hydrogens is 312 g/mol. The van der Waals surface area contributed by atoms with Gasteiger partial charge in [-0.15, -0.1) is 0 Å². The Kier molecular flexibility index (Phi) is 4.80. The lowest BCUT2D eigenvalue weighted by atomic mass is 9.85. The van der Waals surface area contributed by atoms with Crippen LogP contribution in [-0.2, 0) is 11.2 Å². The van der Waals surface area contributed by atoms with Crippen molar-refractivity contribution in [1.82, 2.24) is 9.97 Å². The molecule has 0 fully saturated rings. The fraction of sp³-hybridized carbons (Fsp3) is 0.471. The molecule has 0 amide bonds. The number of ketones is 1. The van der Waals surface area contributed by atoms with Crippen LogP contribution in [0.15, 0.2) is 16.9 Å². The monoisotopic (exact) mass is 332 g/mol. The maximum atomic E-state index is 12.5. The molecule has 0 saturated carbocycles. The van der Waals surface area contributed by atoms with Crippen molar-refractivity contribution in [3.63, 3.8) is 0 Å². The van der Waals surface area contributed by atoms with Gasteiger partial charge < -0.3 is 19.2 Å². The van der Waals surface area contributed by atoms with Crippen molar-refractivity contribution in [2.75, 3.05) is 13.2 Å². The normalized spacial score (nSPS) is 16.9. The molecule has 7 heteroatoms. The Morgan fingerprint density at radius 2 is 2.29 bits per heavy atom. The first-order valence-corrected chi connectivity index (χ1v) is 8.03. The molecule has 1 aliphatic carbocycles. The quantitative estimate of drug-likeness (QED) is 0.620. The summed E-state index contributed by atoms with van der Waals surface area (Å²) in [7, 11) is 0. The number of carbonyl (C=O) groups excluding carboxylic acids is 2. The average molecular weight is 332 g/mol.